The van der Waals surface area contributed by atoms with E-state index in [0.717, 1.165) is 6.42 Å². The first kappa shape index (κ1) is 11.4. The monoisotopic (exact) mass is 260 g/mol. The third kappa shape index (κ3) is 1.86. The van der Waals surface area contributed by atoms with Crippen molar-refractivity contribution >= 4 is 5.91 Å². The topological polar surface area (TPSA) is 41.1 Å². The molecule has 1 aliphatic heterocycles. The van der Waals surface area contributed by atoms with E-state index >= 15 is 0 Å². The van der Waals surface area contributed by atoms with Crippen LogP contribution in [0.3, 0.4) is 0 Å². The molecule has 5 atom stereocenters. The quantitative estimate of drug-likeness (QED) is 0.864. The number of fused-ring (bicyclic) bond motifs is 1. The number of hydrogen-bond donors (Lipinski definition) is 2. The number of piperidine rings is 1. The molecule has 1 aromatic carbocycles. The number of benzene rings is 1. The van der Waals surface area contributed by atoms with Gasteiger partial charge in [-0.25, -0.2) is 4.39 Å². The lowest BCUT2D eigenvalue weighted by Crippen LogP contribution is -2.44. The van der Waals surface area contributed by atoms with E-state index in [1.165, 1.54) is 6.42 Å². The highest BCUT2D eigenvalue weighted by Crippen LogP contribution is 2.50. The molecular weight excluding hydrogens is 243 g/mol. The first-order valence-corrected chi connectivity index (χ1v) is 6.98. The Balaban J connectivity index is 1.39. The fraction of sp³-hybridized carbons (Fsp3) is 0.533. The number of carbonyl (C=O) groups is 1. The number of nitrogens with one attached hydrogen (secondary N) is 2. The molecular formula is C15H17FN2O. The highest BCUT2D eigenvalue weighted by atomic mass is 19.1. The lowest BCUT2D eigenvalue weighted by atomic mass is 10.1. The predicted octanol–water partition coefficient (Wildman–Crippen LogP) is 1.49. The van der Waals surface area contributed by atoms with Crippen LogP contribution in [0.5, 0.6) is 0 Å². The molecule has 3 aliphatic rings. The van der Waals surface area contributed by atoms with E-state index in [1.54, 1.807) is 12.1 Å². The molecule has 0 aromatic heterocycles. The van der Waals surface area contributed by atoms with Crippen molar-refractivity contribution in [3.63, 3.8) is 0 Å². The largest absolute Gasteiger partial charge is 0.348 e. The van der Waals surface area contributed by atoms with Gasteiger partial charge < -0.3 is 10.6 Å². The molecule has 0 bridgehead atoms. The number of halogens is 1. The van der Waals surface area contributed by atoms with Crippen molar-refractivity contribution in [1.82, 2.24) is 10.6 Å². The summed E-state index contributed by atoms with van der Waals surface area (Å²) in [5.74, 6) is 0.645. The molecule has 0 unspecified atom stereocenters. The van der Waals surface area contributed by atoms with E-state index in [4.69, 9.17) is 0 Å². The Labute approximate surface area is 111 Å². The van der Waals surface area contributed by atoms with Crippen molar-refractivity contribution in [2.75, 3.05) is 0 Å². The summed E-state index contributed by atoms with van der Waals surface area (Å²) in [4.78, 5) is 12.0. The minimum atomic E-state index is -1.36. The summed E-state index contributed by atoms with van der Waals surface area (Å²) in [6.45, 7) is 0. The summed E-state index contributed by atoms with van der Waals surface area (Å²) in [6.07, 6.45) is 2.50. The minimum Gasteiger partial charge on any atom is -0.348 e. The second-order valence-corrected chi connectivity index (χ2v) is 6.05. The summed E-state index contributed by atoms with van der Waals surface area (Å²) in [5, 5.41) is 6.14. The van der Waals surface area contributed by atoms with Gasteiger partial charge in [0.25, 0.3) is 0 Å². The third-order valence-electron chi connectivity index (χ3n) is 4.66. The maximum absolute atomic E-state index is 14.6. The van der Waals surface area contributed by atoms with Gasteiger partial charge in [-0.15, -0.1) is 0 Å². The molecule has 3 nitrogen and oxygen atoms in total. The van der Waals surface area contributed by atoms with E-state index in [0.29, 0.717) is 23.9 Å². The Bertz CT molecular complexity index is 510. The molecule has 19 heavy (non-hydrogen) atoms. The van der Waals surface area contributed by atoms with Crippen molar-refractivity contribution in [1.29, 1.82) is 0 Å². The van der Waals surface area contributed by atoms with Gasteiger partial charge in [0.15, 0.2) is 5.67 Å². The van der Waals surface area contributed by atoms with E-state index in [2.05, 4.69) is 10.6 Å². The van der Waals surface area contributed by atoms with Gasteiger partial charge in [-0.1, -0.05) is 30.3 Å². The van der Waals surface area contributed by atoms with E-state index in [9.17, 15) is 9.18 Å². The molecule has 4 heteroatoms. The van der Waals surface area contributed by atoms with Gasteiger partial charge in [-0.2, -0.15) is 0 Å². The Morgan fingerprint density at radius 1 is 1.32 bits per heavy atom. The standard InChI is InChI=1S/C15H17FN2O/c16-15(10-4-2-1-3-5-10)8-13(15)18-14(19)12-7-9-6-11(9)17-12/h1-5,9,11-13,17H,6-8H2,(H,18,19)/t9-,11-,12+,13-,15-/m1/s1. The Morgan fingerprint density at radius 3 is 2.79 bits per heavy atom. The van der Waals surface area contributed by atoms with Gasteiger partial charge in [-0.05, 0) is 24.3 Å². The lowest BCUT2D eigenvalue weighted by Gasteiger charge is -2.14. The average Bonchev–Trinajstić information content (AvgIpc) is 3.28. The molecule has 0 spiro atoms. The van der Waals surface area contributed by atoms with E-state index in [1.807, 2.05) is 18.2 Å². The molecule has 2 N–H and O–H groups in total. The summed E-state index contributed by atoms with van der Waals surface area (Å²) in [5.41, 5.74) is -0.694. The van der Waals surface area contributed by atoms with Crippen LogP contribution >= 0.6 is 0 Å². The third-order valence-corrected chi connectivity index (χ3v) is 4.66. The van der Waals surface area contributed by atoms with Crippen molar-refractivity contribution in [2.24, 2.45) is 5.92 Å². The highest BCUT2D eigenvalue weighted by molar-refractivity contribution is 5.83. The van der Waals surface area contributed by atoms with Gasteiger partial charge in [-0.3, -0.25) is 4.79 Å². The van der Waals surface area contributed by atoms with Crippen LogP contribution < -0.4 is 10.6 Å². The molecule has 2 saturated carbocycles. The molecule has 0 radical (unpaired) electrons. The molecule has 1 aromatic rings. The van der Waals surface area contributed by atoms with Crippen LogP contribution in [-0.2, 0) is 10.5 Å². The van der Waals surface area contributed by atoms with Gasteiger partial charge in [0.1, 0.15) is 0 Å². The van der Waals surface area contributed by atoms with Crippen molar-refractivity contribution in [2.45, 2.75) is 43.1 Å². The summed E-state index contributed by atoms with van der Waals surface area (Å²) in [6, 6.07) is 9.19. The number of alkyl halides is 1. The van der Waals surface area contributed by atoms with Crippen LogP contribution in [-0.4, -0.2) is 24.0 Å². The maximum Gasteiger partial charge on any atom is 0.237 e. The second-order valence-electron chi connectivity index (χ2n) is 6.05. The van der Waals surface area contributed by atoms with E-state index in [-0.39, 0.29) is 18.0 Å². The smallest absolute Gasteiger partial charge is 0.237 e. The van der Waals surface area contributed by atoms with Gasteiger partial charge >= 0.3 is 0 Å². The molecule has 4 rings (SSSR count). The van der Waals surface area contributed by atoms with Crippen LogP contribution in [0.4, 0.5) is 4.39 Å². The second kappa shape index (κ2) is 3.79. The number of hydrogen-bond acceptors (Lipinski definition) is 2. The average molecular weight is 260 g/mol. The first-order valence-electron chi connectivity index (χ1n) is 6.98. The normalized spacial score (nSPS) is 42.6. The summed E-state index contributed by atoms with van der Waals surface area (Å²) < 4.78 is 14.6. The lowest BCUT2D eigenvalue weighted by molar-refractivity contribution is -0.123. The van der Waals surface area contributed by atoms with Crippen LogP contribution in [0, 0.1) is 5.92 Å². The zero-order valence-corrected chi connectivity index (χ0v) is 10.6. The van der Waals surface area contributed by atoms with Crippen LogP contribution in [0.15, 0.2) is 30.3 Å². The fourth-order valence-corrected chi connectivity index (χ4v) is 3.23. The van der Waals surface area contributed by atoms with Crippen LogP contribution in [0.2, 0.25) is 0 Å². The molecule has 3 fully saturated rings. The number of rotatable bonds is 3. The molecule has 1 amide bonds. The zero-order chi connectivity index (χ0) is 13.0. The van der Waals surface area contributed by atoms with Crippen molar-refractivity contribution in [3.8, 4) is 0 Å². The highest BCUT2D eigenvalue weighted by Gasteiger charge is 2.58. The van der Waals surface area contributed by atoms with Gasteiger partial charge in [0, 0.05) is 12.5 Å². The van der Waals surface area contributed by atoms with Crippen LogP contribution in [0.1, 0.15) is 24.8 Å². The molecule has 1 saturated heterocycles. The molecule has 1 heterocycles. The minimum absolute atomic E-state index is 0.0346. The number of amides is 1. The Morgan fingerprint density at radius 2 is 2.11 bits per heavy atom. The maximum atomic E-state index is 14.6. The Kier molecular flexibility index (Phi) is 2.28. The SMILES string of the molecule is O=C(N[C@@H]1C[C@@]1(F)c1ccccc1)[C@@H]1C[C@H]2C[C@H]2N1. The first-order chi connectivity index (χ1) is 9.17. The molecule has 100 valence electrons. The fourth-order valence-electron chi connectivity index (χ4n) is 3.23. The predicted molar refractivity (Wildman–Crippen MR) is 69.2 cm³/mol. The summed E-state index contributed by atoms with van der Waals surface area (Å²) >= 11 is 0. The van der Waals surface area contributed by atoms with Gasteiger partial charge in [0.2, 0.25) is 5.91 Å². The van der Waals surface area contributed by atoms with Gasteiger partial charge in [0.05, 0.1) is 12.1 Å². The number of carbonyl (C=O) groups excluding carboxylic acids is 1. The molecule has 2 aliphatic carbocycles. The summed E-state index contributed by atoms with van der Waals surface area (Å²) in [7, 11) is 0. The van der Waals surface area contributed by atoms with Crippen molar-refractivity contribution in [3.05, 3.63) is 35.9 Å². The van der Waals surface area contributed by atoms with Crippen LogP contribution in [0.25, 0.3) is 0 Å². The Hall–Kier alpha value is -1.42. The zero-order valence-electron chi connectivity index (χ0n) is 10.6. The van der Waals surface area contributed by atoms with E-state index < -0.39 is 5.67 Å². The van der Waals surface area contributed by atoms with Crippen molar-refractivity contribution < 1.29 is 9.18 Å².